The average molecular weight is 175 g/mol. The number of carbonyl (C=O) groups excluding carboxylic acids is 1. The Balaban J connectivity index is 2.65. The molecule has 0 aromatic rings. The Morgan fingerprint density at radius 3 is 3.08 bits per heavy atom. The molecule has 0 radical (unpaired) electrons. The summed E-state index contributed by atoms with van der Waals surface area (Å²) >= 11 is 0. The first-order valence-electron chi connectivity index (χ1n) is 5.84. The molecule has 1 aliphatic rings. The second-order valence-corrected chi connectivity index (χ2v) is 3.05. The predicted molar refractivity (Wildman–Crippen MR) is 45.7 cm³/mol. The molecule has 4 nitrogen and oxygen atoms in total. The fourth-order valence-electron chi connectivity index (χ4n) is 1.35. The Hall–Kier alpha value is -0.610. The summed E-state index contributed by atoms with van der Waals surface area (Å²) in [7, 11) is -0.543. The number of nitrogens with zero attached hydrogens (tertiary/aromatic N) is 2. The minimum atomic E-state index is -0.581. The van der Waals surface area contributed by atoms with Crippen molar-refractivity contribution in [3.63, 3.8) is 0 Å². The number of amides is 1. The van der Waals surface area contributed by atoms with E-state index in [1.54, 1.807) is 4.90 Å². The van der Waals surface area contributed by atoms with Gasteiger partial charge in [-0.05, 0) is 13.4 Å². The summed E-state index contributed by atoms with van der Waals surface area (Å²) in [6, 6.07) is -0.534. The molecule has 1 saturated heterocycles. The third-order valence-electron chi connectivity index (χ3n) is 1.98. The van der Waals surface area contributed by atoms with Crippen LogP contribution in [0.3, 0.4) is 0 Å². The van der Waals surface area contributed by atoms with Gasteiger partial charge in [-0.25, -0.2) is 0 Å². The average Bonchev–Trinajstić information content (AvgIpc) is 2.61. The van der Waals surface area contributed by atoms with E-state index in [1.807, 2.05) is 0 Å². The SMILES string of the molecule is [2H]CN(C[2H])C(=O)[C@@H]1CC(O)CN1C[2H]. The second kappa shape index (κ2) is 3.41. The molecule has 1 N–H and O–H groups in total. The van der Waals surface area contributed by atoms with Crippen molar-refractivity contribution in [1.82, 2.24) is 9.80 Å². The third-order valence-corrected chi connectivity index (χ3v) is 1.98. The summed E-state index contributed by atoms with van der Waals surface area (Å²) in [5.74, 6) is -0.330. The van der Waals surface area contributed by atoms with Gasteiger partial charge in [-0.1, -0.05) is 0 Å². The Morgan fingerprint density at radius 1 is 1.75 bits per heavy atom. The minimum Gasteiger partial charge on any atom is -0.392 e. The maximum absolute atomic E-state index is 11.8. The molecule has 0 aromatic carbocycles. The molecule has 0 aliphatic carbocycles. The molecule has 1 unspecified atom stereocenters. The molecule has 0 saturated carbocycles. The van der Waals surface area contributed by atoms with Crippen molar-refractivity contribution in [3.8, 4) is 0 Å². The smallest absolute Gasteiger partial charge is 0.239 e. The Morgan fingerprint density at radius 2 is 2.50 bits per heavy atom. The van der Waals surface area contributed by atoms with Crippen molar-refractivity contribution in [3.05, 3.63) is 0 Å². The van der Waals surface area contributed by atoms with Gasteiger partial charge < -0.3 is 10.0 Å². The molecule has 1 heterocycles. The third kappa shape index (κ3) is 1.76. The molecular formula is C8H16N2O2. The zero-order chi connectivity index (χ0) is 11.4. The van der Waals surface area contributed by atoms with E-state index in [0.717, 1.165) is 4.90 Å². The van der Waals surface area contributed by atoms with E-state index in [1.165, 1.54) is 0 Å². The van der Waals surface area contributed by atoms with Crippen LogP contribution in [0.4, 0.5) is 0 Å². The lowest BCUT2D eigenvalue weighted by Gasteiger charge is -2.21. The van der Waals surface area contributed by atoms with Gasteiger partial charge in [0.2, 0.25) is 5.91 Å². The van der Waals surface area contributed by atoms with Crippen LogP contribution in [0.2, 0.25) is 0 Å². The Labute approximate surface area is 77.0 Å². The van der Waals surface area contributed by atoms with Gasteiger partial charge in [-0.15, -0.1) is 0 Å². The molecular weight excluding hydrogens is 156 g/mol. The van der Waals surface area contributed by atoms with Crippen molar-refractivity contribution < 1.29 is 14.0 Å². The normalized spacial score (nSPS) is 33.9. The van der Waals surface area contributed by atoms with Gasteiger partial charge in [0.25, 0.3) is 0 Å². The summed E-state index contributed by atoms with van der Waals surface area (Å²) in [6.45, 7) is 0.323. The van der Waals surface area contributed by atoms with Crippen LogP contribution in [0.1, 0.15) is 10.5 Å². The molecule has 1 rings (SSSR count). The van der Waals surface area contributed by atoms with Crippen LogP contribution in [0.5, 0.6) is 0 Å². The highest BCUT2D eigenvalue weighted by Crippen LogP contribution is 2.16. The summed E-state index contributed by atoms with van der Waals surface area (Å²) in [4.78, 5) is 14.4. The zero-order valence-electron chi connectivity index (χ0n) is 9.94. The lowest BCUT2D eigenvalue weighted by atomic mass is 10.2. The molecule has 12 heavy (non-hydrogen) atoms. The molecule has 1 amide bonds. The van der Waals surface area contributed by atoms with Crippen molar-refractivity contribution in [2.75, 3.05) is 27.6 Å². The first-order valence-corrected chi connectivity index (χ1v) is 3.72. The number of aliphatic hydroxyl groups is 1. The van der Waals surface area contributed by atoms with Gasteiger partial charge in [-0.2, -0.15) is 0 Å². The summed E-state index contributed by atoms with van der Waals surface area (Å²) in [5.41, 5.74) is 0. The molecule has 4 heteroatoms. The van der Waals surface area contributed by atoms with E-state index in [2.05, 4.69) is 0 Å². The fourth-order valence-corrected chi connectivity index (χ4v) is 1.35. The topological polar surface area (TPSA) is 43.8 Å². The van der Waals surface area contributed by atoms with Gasteiger partial charge in [0.15, 0.2) is 0 Å². The van der Waals surface area contributed by atoms with E-state index >= 15 is 0 Å². The summed E-state index contributed by atoms with van der Waals surface area (Å²) < 4.78 is 21.4. The first kappa shape index (κ1) is 5.94. The van der Waals surface area contributed by atoms with E-state index in [4.69, 9.17) is 4.11 Å². The zero-order valence-corrected chi connectivity index (χ0v) is 6.94. The van der Waals surface area contributed by atoms with Crippen LogP contribution in [0.25, 0.3) is 0 Å². The number of likely N-dealkylation sites (N-methyl/N-ethyl adjacent to an activating group) is 2. The maximum atomic E-state index is 11.8. The van der Waals surface area contributed by atoms with Gasteiger partial charge in [0, 0.05) is 24.7 Å². The highest BCUT2D eigenvalue weighted by Gasteiger charge is 2.33. The quantitative estimate of drug-likeness (QED) is 0.564. The number of likely N-dealkylation sites (tertiary alicyclic amines) is 1. The number of hydrogen-bond donors (Lipinski definition) is 1. The maximum Gasteiger partial charge on any atom is 0.239 e. The van der Waals surface area contributed by atoms with Crippen molar-refractivity contribution in [2.45, 2.75) is 18.6 Å². The number of β-amino-alcohol motifs (C(OH)–C–C–N with tert-alkyl or cyclic N) is 1. The minimum absolute atomic E-state index is 0.0443. The number of carbonyl (C=O) groups is 1. The monoisotopic (exact) mass is 175 g/mol. The molecule has 0 bridgehead atoms. The van der Waals surface area contributed by atoms with Crippen LogP contribution >= 0.6 is 0 Å². The summed E-state index contributed by atoms with van der Waals surface area (Å²) in [6.07, 6.45) is -0.281. The number of hydrogen-bond acceptors (Lipinski definition) is 3. The lowest BCUT2D eigenvalue weighted by molar-refractivity contribution is -0.133. The predicted octanol–water partition coefficient (Wildman–Crippen LogP) is -0.860. The first-order chi connectivity index (χ1) is 7.13. The van der Waals surface area contributed by atoms with Gasteiger partial charge in [0.1, 0.15) is 0 Å². The van der Waals surface area contributed by atoms with Crippen LogP contribution in [0.15, 0.2) is 0 Å². The van der Waals surface area contributed by atoms with E-state index in [-0.39, 0.29) is 27.0 Å². The largest absolute Gasteiger partial charge is 0.392 e. The van der Waals surface area contributed by atoms with Crippen molar-refractivity contribution in [2.24, 2.45) is 0 Å². The van der Waals surface area contributed by atoms with E-state index in [9.17, 15) is 9.90 Å². The van der Waals surface area contributed by atoms with Gasteiger partial charge in [-0.3, -0.25) is 9.69 Å². The highest BCUT2D eigenvalue weighted by atomic mass is 16.3. The standard InChI is InChI=1S/C8H16N2O2/c1-9(2)8(12)7-4-6(11)5-10(7)3/h6-7,11H,4-5H2,1-3H3/t6?,7-/m0/s1/i1D,2D,3D. The van der Waals surface area contributed by atoms with Crippen LogP contribution in [0, 0.1) is 0 Å². The number of aliphatic hydroxyl groups excluding tert-OH is 1. The molecule has 0 spiro atoms. The van der Waals surface area contributed by atoms with Gasteiger partial charge in [0.05, 0.1) is 12.1 Å². The fraction of sp³-hybridized carbons (Fsp3) is 0.875. The Bertz CT molecular complexity index is 226. The van der Waals surface area contributed by atoms with Gasteiger partial charge >= 0.3 is 0 Å². The Kier molecular flexibility index (Phi) is 1.69. The van der Waals surface area contributed by atoms with Crippen LogP contribution in [-0.4, -0.2) is 60.6 Å². The van der Waals surface area contributed by atoms with Crippen molar-refractivity contribution in [1.29, 1.82) is 0 Å². The highest BCUT2D eigenvalue weighted by molar-refractivity contribution is 5.81. The molecule has 1 fully saturated rings. The van der Waals surface area contributed by atoms with Crippen LogP contribution < -0.4 is 0 Å². The van der Waals surface area contributed by atoms with E-state index in [0.29, 0.717) is 13.0 Å². The molecule has 1 aliphatic heterocycles. The van der Waals surface area contributed by atoms with Crippen LogP contribution in [-0.2, 0) is 4.79 Å². The molecule has 0 aromatic heterocycles. The molecule has 2 atom stereocenters. The molecule has 70 valence electrons. The number of rotatable bonds is 1. The van der Waals surface area contributed by atoms with E-state index < -0.39 is 12.1 Å². The lowest BCUT2D eigenvalue weighted by Crippen LogP contribution is -2.40. The second-order valence-electron chi connectivity index (χ2n) is 3.05. The summed E-state index contributed by atoms with van der Waals surface area (Å²) in [5, 5.41) is 9.39. The van der Waals surface area contributed by atoms with Crippen molar-refractivity contribution >= 4 is 5.91 Å².